The number of amides is 8. The average molecular weight is 1600 g/mol. The van der Waals surface area contributed by atoms with Crippen molar-refractivity contribution in [3.63, 3.8) is 0 Å². The molecule has 6 aliphatic heterocycles. The van der Waals surface area contributed by atoms with E-state index >= 15 is 0 Å². The summed E-state index contributed by atoms with van der Waals surface area (Å²) < 4.78 is 10.4. The van der Waals surface area contributed by atoms with Crippen molar-refractivity contribution in [2.45, 2.75) is 72.9 Å². The number of carbonyl (C=O) groups is 6. The van der Waals surface area contributed by atoms with E-state index in [2.05, 4.69) is 151 Å². The van der Waals surface area contributed by atoms with E-state index in [1.807, 2.05) is 104 Å². The summed E-state index contributed by atoms with van der Waals surface area (Å²) in [6.45, 7) is 27.9. The minimum atomic E-state index is -0.223. The zero-order valence-electron chi connectivity index (χ0n) is 68.0. The molecule has 6 saturated heterocycles. The number of anilines is 12. The number of pyridine rings is 3. The number of hydrogen-bond acceptors (Lipinski definition) is 25. The Morgan fingerprint density at radius 3 is 1.02 bits per heavy atom. The second-order valence-corrected chi connectivity index (χ2v) is 29.5. The first-order chi connectivity index (χ1) is 56.8. The molecule has 0 aliphatic carbocycles. The molecule has 2 atom stereocenters. The first kappa shape index (κ1) is 81.9. The third kappa shape index (κ3) is 21.3. The standard InChI is InChI=1S/C28H37N9O3.C27H36N10O2.C26H34N10O2/c1-3-19-40-28(39)36-17-14-34(15-18-36)24-7-5-23(6-8-24)31-27-30-21-37(32-27)25-9-10-29-26(20-25)35-12-4-11-33(13-16-35)22(2)38;1-19-16-35(17-20(2)37(19)21(3)38)25-15-24(9-10-29-25)36-18-30-26(32-36)31-22-5-7-23(8-6-22)33-11-13-34(14-12-33)27(39)28-4;1-20(37)32-10-3-11-34(15-12-32)24-18-23(8-9-28-24)36-19-29-25(31-36)30-21-4-6-22(7-5-21)33-13-16-35(17-14-33)26(38)27-2/h5-10,20-21H,3-4,11-19H2,1-2H3,(H,31,32);5-10,15,18-20H,11-14,16-17H2,1-4H3,(H,28,39)(H,31,32);4-9,18-19H,3,10-17H2,1-2H3,(H,27,38)(H,30,31)/t;19-,20+;. The number of carbonyl (C=O) groups excluding carboxylic acids is 6. The molecule has 6 aromatic heterocycles. The second kappa shape index (κ2) is 38.9. The first-order valence-electron chi connectivity index (χ1n) is 40.2. The summed E-state index contributed by atoms with van der Waals surface area (Å²) in [5, 5.41) is 29.0. The van der Waals surface area contributed by atoms with Gasteiger partial charge in [-0.3, -0.25) is 14.4 Å². The number of nitrogens with zero attached hydrogens (tertiary/aromatic N) is 24. The van der Waals surface area contributed by atoms with Gasteiger partial charge in [-0.15, -0.1) is 15.3 Å². The first-order valence-corrected chi connectivity index (χ1v) is 40.2. The maximum Gasteiger partial charge on any atom is 0.409 e. The molecule has 6 aliphatic rings. The van der Waals surface area contributed by atoms with Crippen LogP contribution in [0.15, 0.2) is 147 Å². The minimum absolute atomic E-state index is 0.0259. The van der Waals surface area contributed by atoms with E-state index in [1.54, 1.807) is 91.4 Å². The highest BCUT2D eigenvalue weighted by molar-refractivity contribution is 5.77. The Kier molecular flexibility index (Phi) is 27.2. The van der Waals surface area contributed by atoms with E-state index in [4.69, 9.17) is 4.74 Å². The van der Waals surface area contributed by atoms with Gasteiger partial charge in [0.25, 0.3) is 0 Å². The molecule has 0 spiro atoms. The summed E-state index contributed by atoms with van der Waals surface area (Å²) in [4.78, 5) is 123. The average Bonchev–Trinajstić information content (AvgIpc) is 1.45. The van der Waals surface area contributed by atoms with Crippen LogP contribution in [0.25, 0.3) is 17.1 Å². The molecule has 5 N–H and O–H groups in total. The summed E-state index contributed by atoms with van der Waals surface area (Å²) in [5.74, 6) is 4.42. The van der Waals surface area contributed by atoms with Crippen LogP contribution in [0.5, 0.6) is 0 Å². The van der Waals surface area contributed by atoms with Gasteiger partial charge in [-0.25, -0.2) is 43.4 Å². The molecule has 618 valence electrons. The molecule has 0 bridgehead atoms. The Balaban J connectivity index is 0.000000152. The van der Waals surface area contributed by atoms with Crippen molar-refractivity contribution in [2.75, 3.05) is 210 Å². The van der Waals surface area contributed by atoms with E-state index in [1.165, 1.54) is 0 Å². The van der Waals surface area contributed by atoms with Gasteiger partial charge in [-0.05, 0) is 124 Å². The third-order valence-electron chi connectivity index (χ3n) is 21.6. The molecule has 15 rings (SSSR count). The van der Waals surface area contributed by atoms with E-state index in [0.29, 0.717) is 76.8 Å². The molecular weight excluding hydrogens is 1490 g/mol. The summed E-state index contributed by atoms with van der Waals surface area (Å²) in [5.41, 5.74) is 8.62. The minimum Gasteiger partial charge on any atom is -0.449 e. The third-order valence-corrected chi connectivity index (χ3v) is 21.6. The highest BCUT2D eigenvalue weighted by Gasteiger charge is 2.33. The van der Waals surface area contributed by atoms with Gasteiger partial charge < -0.3 is 90.1 Å². The van der Waals surface area contributed by atoms with Crippen molar-refractivity contribution < 1.29 is 33.5 Å². The van der Waals surface area contributed by atoms with Gasteiger partial charge in [0.15, 0.2) is 0 Å². The largest absolute Gasteiger partial charge is 0.449 e. The molecule has 0 radical (unpaired) electrons. The number of rotatable bonds is 17. The van der Waals surface area contributed by atoms with Gasteiger partial charge in [0.1, 0.15) is 36.4 Å². The Labute approximate surface area is 681 Å². The van der Waals surface area contributed by atoms with Crippen molar-refractivity contribution in [1.29, 1.82) is 0 Å². The zero-order chi connectivity index (χ0) is 81.9. The van der Waals surface area contributed by atoms with Crippen molar-refractivity contribution >= 4 is 105 Å². The SMILES string of the molecule is CCCOC(=O)N1CCN(c2ccc(Nc3ncn(-c4ccnc(N5CCCN(C(C)=O)CC5)c4)n3)cc2)CC1.CNC(=O)N1CCN(c2ccc(Nc3ncn(-c4ccnc(N5CCCN(C(C)=O)CC5)c4)n3)cc2)CC1.CNC(=O)N1CCN(c2ccc(Nc3ncn(-c4ccnc(N5C[C@@H](C)N(C(C)=O)[C@@H](C)C5)c4)n3)cc2)CC1. The lowest BCUT2D eigenvalue weighted by atomic mass is 10.1. The summed E-state index contributed by atoms with van der Waals surface area (Å²) in [6, 6.07) is 36.3. The fourth-order valence-corrected chi connectivity index (χ4v) is 15.3. The molecule has 8 amide bonds. The Bertz CT molecular complexity index is 4780. The smallest absolute Gasteiger partial charge is 0.409 e. The normalized spacial score (nSPS) is 17.3. The molecule has 9 aromatic rings. The Morgan fingerprint density at radius 2 is 0.692 bits per heavy atom. The van der Waals surface area contributed by atoms with Crippen molar-refractivity contribution in [2.24, 2.45) is 0 Å². The van der Waals surface area contributed by atoms with Crippen LogP contribution >= 0.6 is 0 Å². The van der Waals surface area contributed by atoms with E-state index in [0.717, 1.165) is 180 Å². The van der Waals surface area contributed by atoms with Crippen LogP contribution in [-0.4, -0.2) is 301 Å². The predicted octanol–water partition coefficient (Wildman–Crippen LogP) is 7.37. The zero-order valence-corrected chi connectivity index (χ0v) is 68.0. The highest BCUT2D eigenvalue weighted by atomic mass is 16.6. The second-order valence-electron chi connectivity index (χ2n) is 29.5. The molecule has 3 aromatic carbocycles. The van der Waals surface area contributed by atoms with Crippen molar-refractivity contribution in [1.82, 2.24) is 99.3 Å². The number of nitrogens with one attached hydrogen (secondary N) is 5. The van der Waals surface area contributed by atoms with Gasteiger partial charge in [-0.1, -0.05) is 6.92 Å². The molecule has 36 nitrogen and oxygen atoms in total. The van der Waals surface area contributed by atoms with Crippen LogP contribution in [-0.2, 0) is 19.1 Å². The van der Waals surface area contributed by atoms with Crippen LogP contribution in [0, 0.1) is 0 Å². The number of hydrogen-bond donors (Lipinski definition) is 5. The predicted molar refractivity (Wildman–Crippen MR) is 450 cm³/mol. The monoisotopic (exact) mass is 1600 g/mol. The van der Waals surface area contributed by atoms with Gasteiger partial charge >= 0.3 is 18.2 Å². The fraction of sp³-hybridized carbons (Fsp3) is 0.444. The number of ether oxygens (including phenoxy) is 1. The summed E-state index contributed by atoms with van der Waals surface area (Å²) in [6.07, 6.45) is 12.8. The quantitative estimate of drug-likeness (QED) is 0.0594. The van der Waals surface area contributed by atoms with Crippen molar-refractivity contribution in [3.05, 3.63) is 147 Å². The van der Waals surface area contributed by atoms with Crippen molar-refractivity contribution in [3.8, 4) is 17.1 Å². The lowest BCUT2D eigenvalue weighted by Gasteiger charge is -2.44. The Hall–Kier alpha value is -13.1. The molecule has 36 heteroatoms. The molecule has 0 unspecified atom stereocenters. The van der Waals surface area contributed by atoms with Crippen LogP contribution in [0.3, 0.4) is 0 Å². The maximum absolute atomic E-state index is 12.1. The molecule has 12 heterocycles. The van der Waals surface area contributed by atoms with E-state index in [-0.39, 0.29) is 48.0 Å². The van der Waals surface area contributed by atoms with Crippen LogP contribution in [0.2, 0.25) is 0 Å². The van der Waals surface area contributed by atoms with Gasteiger partial charge in [0.2, 0.25) is 35.6 Å². The number of urea groups is 2. The van der Waals surface area contributed by atoms with E-state index in [9.17, 15) is 28.8 Å². The summed E-state index contributed by atoms with van der Waals surface area (Å²) >= 11 is 0. The van der Waals surface area contributed by atoms with Crippen LogP contribution in [0.1, 0.15) is 60.8 Å². The highest BCUT2D eigenvalue weighted by Crippen LogP contribution is 2.29. The summed E-state index contributed by atoms with van der Waals surface area (Å²) in [7, 11) is 3.32. The van der Waals surface area contributed by atoms with Crippen LogP contribution < -0.4 is 56.0 Å². The lowest BCUT2D eigenvalue weighted by molar-refractivity contribution is -0.133. The molecular formula is C81H107N29O7. The molecule has 117 heavy (non-hydrogen) atoms. The van der Waals surface area contributed by atoms with Gasteiger partial charge in [0.05, 0.1) is 23.7 Å². The van der Waals surface area contributed by atoms with Gasteiger partial charge in [-0.2, -0.15) is 15.0 Å². The number of piperazine rings is 4. The fourth-order valence-electron chi connectivity index (χ4n) is 15.3. The number of aromatic nitrogens is 12. The maximum atomic E-state index is 12.1. The topological polar surface area (TPSA) is 341 Å². The lowest BCUT2D eigenvalue weighted by Crippen LogP contribution is -2.58. The van der Waals surface area contributed by atoms with Gasteiger partial charge in [0, 0.05) is 262 Å². The Morgan fingerprint density at radius 1 is 0.368 bits per heavy atom. The molecule has 6 fully saturated rings. The number of benzene rings is 3. The van der Waals surface area contributed by atoms with Crippen LogP contribution in [0.4, 0.5) is 83.8 Å². The molecule has 0 saturated carbocycles. The van der Waals surface area contributed by atoms with E-state index < -0.39 is 0 Å².